The number of ether oxygens (including phenoxy) is 2. The fraction of sp³-hybridized carbons (Fsp3) is 0.500. The van der Waals surface area contributed by atoms with Gasteiger partial charge in [0.2, 0.25) is 0 Å². The summed E-state index contributed by atoms with van der Waals surface area (Å²) in [5.41, 5.74) is 0.863. The van der Waals surface area contributed by atoms with Crippen LogP contribution in [0.4, 0.5) is 4.39 Å². The van der Waals surface area contributed by atoms with Crippen molar-refractivity contribution in [2.75, 3.05) is 13.2 Å². The highest BCUT2D eigenvalue weighted by atomic mass is 35.5. The Labute approximate surface area is 164 Å². The number of aliphatic carboxylic acids is 1. The van der Waals surface area contributed by atoms with Gasteiger partial charge >= 0.3 is 5.97 Å². The molecule has 1 heterocycles. The Morgan fingerprint density at radius 1 is 1.30 bits per heavy atom. The number of hydrogen-bond acceptors (Lipinski definition) is 6. The van der Waals surface area contributed by atoms with Crippen molar-refractivity contribution in [1.82, 2.24) is 0 Å². The summed E-state index contributed by atoms with van der Waals surface area (Å²) in [6.07, 6.45) is 0.886. The van der Waals surface area contributed by atoms with E-state index in [0.717, 1.165) is 5.56 Å². The van der Waals surface area contributed by atoms with Crippen molar-refractivity contribution < 1.29 is 34.0 Å². The Morgan fingerprint density at radius 2 is 1.96 bits per heavy atom. The summed E-state index contributed by atoms with van der Waals surface area (Å²) in [4.78, 5) is 11.8. The highest BCUT2D eigenvalue weighted by Gasteiger charge is 2.49. The molecule has 0 aromatic heterocycles. The van der Waals surface area contributed by atoms with E-state index in [1.165, 1.54) is 30.0 Å². The number of benzene rings is 1. The molecule has 2 aliphatic rings. The molecule has 3 rings (SSSR count). The minimum atomic E-state index is -1.25. The maximum absolute atomic E-state index is 13.2. The lowest BCUT2D eigenvalue weighted by Gasteiger charge is -2.33. The zero-order valence-electron chi connectivity index (χ0n) is 14.3. The van der Waals surface area contributed by atoms with Crippen LogP contribution in [0, 0.1) is 5.82 Å². The Morgan fingerprint density at radius 3 is 2.52 bits per heavy atom. The molecule has 0 amide bonds. The fourth-order valence-electron chi connectivity index (χ4n) is 3.28. The second-order valence-electron chi connectivity index (χ2n) is 6.47. The van der Waals surface area contributed by atoms with Crippen LogP contribution in [0.25, 0.3) is 0 Å². The number of carboxylic acid groups (broad SMARTS) is 1. The molecular formula is C18H20ClFO6S. The van der Waals surface area contributed by atoms with E-state index in [1.54, 1.807) is 6.07 Å². The molecule has 0 saturated carbocycles. The summed E-state index contributed by atoms with van der Waals surface area (Å²) >= 11 is 7.43. The van der Waals surface area contributed by atoms with Crippen LogP contribution in [0.15, 0.2) is 29.8 Å². The second-order valence-corrected chi connectivity index (χ2v) is 8.07. The molecule has 1 aromatic carbocycles. The van der Waals surface area contributed by atoms with Gasteiger partial charge in [-0.3, -0.25) is 0 Å². The molecule has 27 heavy (non-hydrogen) atoms. The van der Waals surface area contributed by atoms with Crippen LogP contribution in [-0.2, 0) is 20.0 Å². The van der Waals surface area contributed by atoms with Gasteiger partial charge in [-0.2, -0.15) is 0 Å². The van der Waals surface area contributed by atoms with E-state index in [-0.39, 0.29) is 24.0 Å². The molecular weight excluding hydrogens is 399 g/mol. The monoisotopic (exact) mass is 418 g/mol. The van der Waals surface area contributed by atoms with Gasteiger partial charge in [-0.1, -0.05) is 17.7 Å². The Bertz CT molecular complexity index is 731. The van der Waals surface area contributed by atoms with Crippen LogP contribution >= 0.6 is 23.4 Å². The van der Waals surface area contributed by atoms with Crippen LogP contribution in [0.3, 0.4) is 0 Å². The highest BCUT2D eigenvalue weighted by molar-refractivity contribution is 7.99. The van der Waals surface area contributed by atoms with Crippen LogP contribution in [0.5, 0.6) is 0 Å². The number of rotatable bonds is 6. The average molecular weight is 419 g/mol. The van der Waals surface area contributed by atoms with Crippen LogP contribution in [0.2, 0.25) is 5.02 Å². The van der Waals surface area contributed by atoms with Crippen LogP contribution < -0.4 is 0 Å². The summed E-state index contributed by atoms with van der Waals surface area (Å²) in [5.74, 6) is -2.33. The molecule has 3 atom stereocenters. The van der Waals surface area contributed by atoms with Gasteiger partial charge in [-0.05, 0) is 30.2 Å². The molecule has 1 spiro atoms. The molecule has 1 aliphatic heterocycles. The summed E-state index contributed by atoms with van der Waals surface area (Å²) in [6.45, 7) is -0.658. The minimum absolute atomic E-state index is 0.139. The summed E-state index contributed by atoms with van der Waals surface area (Å²) in [7, 11) is 0. The summed E-state index contributed by atoms with van der Waals surface area (Å²) in [6, 6.07) is 4.13. The van der Waals surface area contributed by atoms with Crippen molar-refractivity contribution in [3.05, 3.63) is 46.3 Å². The third-order valence-electron chi connectivity index (χ3n) is 4.66. The lowest BCUT2D eigenvalue weighted by atomic mass is 9.94. The van der Waals surface area contributed by atoms with Crippen molar-refractivity contribution in [2.45, 2.75) is 41.8 Å². The van der Waals surface area contributed by atoms with Gasteiger partial charge in [0.1, 0.15) is 18.0 Å². The fourth-order valence-corrected chi connectivity index (χ4v) is 4.86. The van der Waals surface area contributed by atoms with Gasteiger partial charge < -0.3 is 24.8 Å². The summed E-state index contributed by atoms with van der Waals surface area (Å²) in [5, 5.41) is 28.3. The number of halogens is 2. The largest absolute Gasteiger partial charge is 0.478 e. The summed E-state index contributed by atoms with van der Waals surface area (Å²) < 4.78 is 24.6. The van der Waals surface area contributed by atoms with E-state index in [2.05, 4.69) is 0 Å². The molecule has 1 unspecified atom stereocenters. The molecule has 1 aromatic rings. The van der Waals surface area contributed by atoms with Gasteiger partial charge in [0, 0.05) is 22.4 Å². The molecule has 0 bridgehead atoms. The van der Waals surface area contributed by atoms with E-state index in [4.69, 9.17) is 21.1 Å². The maximum Gasteiger partial charge on any atom is 0.332 e. The van der Waals surface area contributed by atoms with Crippen molar-refractivity contribution >= 4 is 29.3 Å². The van der Waals surface area contributed by atoms with Gasteiger partial charge in [0.15, 0.2) is 5.79 Å². The van der Waals surface area contributed by atoms with Crippen molar-refractivity contribution in [1.29, 1.82) is 0 Å². The molecule has 1 aliphatic carbocycles. The zero-order valence-corrected chi connectivity index (χ0v) is 15.9. The topological polar surface area (TPSA) is 96.2 Å². The predicted molar refractivity (Wildman–Crippen MR) is 98.1 cm³/mol. The first-order chi connectivity index (χ1) is 12.9. The number of carbonyl (C=O) groups is 1. The lowest BCUT2D eigenvalue weighted by molar-refractivity contribution is -0.153. The lowest BCUT2D eigenvalue weighted by Crippen LogP contribution is -2.37. The quantitative estimate of drug-likeness (QED) is 0.652. The molecule has 1 saturated heterocycles. The molecule has 9 heteroatoms. The number of aliphatic hydroxyl groups is 2. The number of thioether (sulfide) groups is 1. The predicted octanol–water partition coefficient (Wildman–Crippen LogP) is 2.35. The number of carboxylic acids is 1. The zero-order chi connectivity index (χ0) is 19.6. The SMILES string of the molecule is O=C(O)C1=CC2(CCC1SCc1ccc(F)cc1Cl)O[C@H](CO)[C@@H](CO)O2. The molecule has 148 valence electrons. The smallest absolute Gasteiger partial charge is 0.332 e. The van der Waals surface area contributed by atoms with Crippen LogP contribution in [0.1, 0.15) is 18.4 Å². The molecule has 3 N–H and O–H groups in total. The van der Waals surface area contributed by atoms with Crippen molar-refractivity contribution in [3.63, 3.8) is 0 Å². The molecule has 1 fully saturated rings. The van der Waals surface area contributed by atoms with E-state index < -0.39 is 29.8 Å². The first kappa shape index (κ1) is 20.6. The van der Waals surface area contributed by atoms with E-state index in [0.29, 0.717) is 23.6 Å². The highest BCUT2D eigenvalue weighted by Crippen LogP contribution is 2.43. The Balaban J connectivity index is 1.75. The average Bonchev–Trinajstić information content (AvgIpc) is 2.99. The van der Waals surface area contributed by atoms with Crippen molar-refractivity contribution in [3.8, 4) is 0 Å². The second kappa shape index (κ2) is 8.46. The Hall–Kier alpha value is -1.16. The van der Waals surface area contributed by atoms with Gasteiger partial charge in [-0.25, -0.2) is 9.18 Å². The first-order valence-electron chi connectivity index (χ1n) is 8.46. The van der Waals surface area contributed by atoms with E-state index in [9.17, 15) is 24.5 Å². The third-order valence-corrected chi connectivity index (χ3v) is 6.38. The van der Waals surface area contributed by atoms with Crippen molar-refractivity contribution in [2.24, 2.45) is 0 Å². The Kier molecular flexibility index (Phi) is 6.45. The van der Waals surface area contributed by atoms with Gasteiger partial charge in [0.05, 0.1) is 18.8 Å². The number of aliphatic hydroxyl groups excluding tert-OH is 2. The molecule has 0 radical (unpaired) electrons. The first-order valence-corrected chi connectivity index (χ1v) is 9.89. The molecule has 6 nitrogen and oxygen atoms in total. The standard InChI is InChI=1S/C18H20ClFO6S/c19-13-5-11(20)2-1-10(13)9-27-16-3-4-18(6-12(16)17(23)24)25-14(7-21)15(8-22)26-18/h1-2,5-6,14-16,21-22H,3-4,7-9H2,(H,23,24)/t14-,15-,16?/m1/s1. The normalized spacial score (nSPS) is 27.0. The van der Waals surface area contributed by atoms with Crippen LogP contribution in [-0.4, -0.2) is 57.7 Å². The minimum Gasteiger partial charge on any atom is -0.478 e. The maximum atomic E-state index is 13.2. The van der Waals surface area contributed by atoms with E-state index >= 15 is 0 Å². The number of hydrogen-bond donors (Lipinski definition) is 3. The third kappa shape index (κ3) is 4.47. The van der Waals surface area contributed by atoms with Gasteiger partial charge in [-0.15, -0.1) is 11.8 Å². The van der Waals surface area contributed by atoms with Gasteiger partial charge in [0.25, 0.3) is 0 Å². The van der Waals surface area contributed by atoms with E-state index in [1.807, 2.05) is 0 Å².